The largest absolute Gasteiger partial charge is 0.464 e. The van der Waals surface area contributed by atoms with E-state index in [1.54, 1.807) is 24.7 Å². The zero-order chi connectivity index (χ0) is 13.7. The average Bonchev–Trinajstić information content (AvgIpc) is 2.91. The fraction of sp³-hybridized carbons (Fsp3) is 0.333. The molecule has 0 aromatic carbocycles. The van der Waals surface area contributed by atoms with Crippen LogP contribution in [0.4, 0.5) is 5.82 Å². The van der Waals surface area contributed by atoms with Crippen LogP contribution in [0.25, 0.3) is 0 Å². The van der Waals surface area contributed by atoms with Crippen molar-refractivity contribution in [3.8, 4) is 0 Å². The maximum absolute atomic E-state index is 11.2. The lowest BCUT2D eigenvalue weighted by Gasteiger charge is -2.14. The molecule has 1 N–H and O–H groups in total. The van der Waals surface area contributed by atoms with E-state index >= 15 is 0 Å². The minimum atomic E-state index is -0.495. The summed E-state index contributed by atoms with van der Waals surface area (Å²) in [5.74, 6) is 0.116. The zero-order valence-electron chi connectivity index (χ0n) is 10.8. The third kappa shape index (κ3) is 3.51. The van der Waals surface area contributed by atoms with E-state index in [1.807, 2.05) is 17.7 Å². The average molecular weight is 261 g/mol. The van der Waals surface area contributed by atoms with Gasteiger partial charge in [-0.2, -0.15) is 0 Å². The predicted molar refractivity (Wildman–Crippen MR) is 68.7 cm³/mol. The number of rotatable bonds is 5. The molecule has 0 aliphatic carbocycles. The highest BCUT2D eigenvalue weighted by atomic mass is 16.5. The molecule has 0 saturated heterocycles. The second-order valence-corrected chi connectivity index (χ2v) is 4.10. The van der Waals surface area contributed by atoms with E-state index in [2.05, 4.69) is 25.2 Å². The van der Waals surface area contributed by atoms with Gasteiger partial charge < -0.3 is 14.6 Å². The first-order valence-electron chi connectivity index (χ1n) is 5.83. The van der Waals surface area contributed by atoms with Crippen LogP contribution in [-0.2, 0) is 11.3 Å². The summed E-state index contributed by atoms with van der Waals surface area (Å²) in [7, 11) is 1.31. The fourth-order valence-electron chi connectivity index (χ4n) is 1.63. The Morgan fingerprint density at radius 3 is 2.89 bits per heavy atom. The molecule has 19 heavy (non-hydrogen) atoms. The Hall–Kier alpha value is -2.44. The van der Waals surface area contributed by atoms with Gasteiger partial charge in [0.2, 0.25) is 0 Å². The van der Waals surface area contributed by atoms with Gasteiger partial charge in [0.25, 0.3) is 0 Å². The third-order valence-corrected chi connectivity index (χ3v) is 2.50. The standard InChI is InChI=1S/C12H15N5O2/c1-9(7-17-6-5-13-8-17)14-11-4-3-10(15-16-11)12(18)19-2/h3-6,8-9H,7H2,1-2H3,(H,14,16). The summed E-state index contributed by atoms with van der Waals surface area (Å²) in [5.41, 5.74) is 0.190. The quantitative estimate of drug-likeness (QED) is 0.807. The number of anilines is 1. The zero-order valence-corrected chi connectivity index (χ0v) is 10.8. The maximum atomic E-state index is 11.2. The summed E-state index contributed by atoms with van der Waals surface area (Å²) in [6, 6.07) is 3.43. The maximum Gasteiger partial charge on any atom is 0.358 e. The van der Waals surface area contributed by atoms with Gasteiger partial charge in [0.05, 0.1) is 13.4 Å². The molecule has 0 amide bonds. The first-order chi connectivity index (χ1) is 9.19. The van der Waals surface area contributed by atoms with Gasteiger partial charge in [0.1, 0.15) is 5.82 Å². The first kappa shape index (κ1) is 13.0. The number of nitrogens with one attached hydrogen (secondary N) is 1. The molecule has 2 aromatic heterocycles. The Balaban J connectivity index is 1.93. The Morgan fingerprint density at radius 2 is 2.32 bits per heavy atom. The Bertz CT molecular complexity index is 524. The van der Waals surface area contributed by atoms with E-state index in [1.165, 1.54) is 7.11 Å². The lowest BCUT2D eigenvalue weighted by atomic mass is 10.3. The van der Waals surface area contributed by atoms with Crippen molar-refractivity contribution in [1.29, 1.82) is 0 Å². The van der Waals surface area contributed by atoms with Crippen molar-refractivity contribution in [3.05, 3.63) is 36.5 Å². The Labute approximate surface area is 110 Å². The molecule has 100 valence electrons. The molecule has 0 radical (unpaired) electrons. The lowest BCUT2D eigenvalue weighted by molar-refractivity contribution is 0.0593. The number of aromatic nitrogens is 4. The highest BCUT2D eigenvalue weighted by molar-refractivity contribution is 5.86. The molecule has 7 heteroatoms. The summed E-state index contributed by atoms with van der Waals surface area (Å²) in [6.07, 6.45) is 5.38. The van der Waals surface area contributed by atoms with Crippen molar-refractivity contribution < 1.29 is 9.53 Å². The van der Waals surface area contributed by atoms with Crippen molar-refractivity contribution in [2.45, 2.75) is 19.5 Å². The van der Waals surface area contributed by atoms with Crippen LogP contribution < -0.4 is 5.32 Å². The number of hydrogen-bond donors (Lipinski definition) is 1. The van der Waals surface area contributed by atoms with E-state index in [-0.39, 0.29) is 11.7 Å². The summed E-state index contributed by atoms with van der Waals surface area (Å²) in [4.78, 5) is 15.2. The number of carbonyl (C=O) groups is 1. The van der Waals surface area contributed by atoms with Crippen LogP contribution in [0.15, 0.2) is 30.9 Å². The summed E-state index contributed by atoms with van der Waals surface area (Å²) in [6.45, 7) is 2.79. The van der Waals surface area contributed by atoms with Crippen LogP contribution in [0.3, 0.4) is 0 Å². The van der Waals surface area contributed by atoms with Gasteiger partial charge in [-0.1, -0.05) is 0 Å². The smallest absolute Gasteiger partial charge is 0.358 e. The molecule has 0 bridgehead atoms. The number of nitrogens with zero attached hydrogens (tertiary/aromatic N) is 4. The summed E-state index contributed by atoms with van der Waals surface area (Å²) >= 11 is 0. The van der Waals surface area contributed by atoms with Gasteiger partial charge in [-0.15, -0.1) is 10.2 Å². The van der Waals surface area contributed by atoms with Crippen LogP contribution in [0.2, 0.25) is 0 Å². The fourth-order valence-corrected chi connectivity index (χ4v) is 1.63. The van der Waals surface area contributed by atoms with Crippen molar-refractivity contribution in [2.75, 3.05) is 12.4 Å². The molecular weight excluding hydrogens is 246 g/mol. The number of methoxy groups -OCH3 is 1. The number of carbonyl (C=O) groups excluding carboxylic acids is 1. The Morgan fingerprint density at radius 1 is 1.47 bits per heavy atom. The number of esters is 1. The van der Waals surface area contributed by atoms with Crippen molar-refractivity contribution in [3.63, 3.8) is 0 Å². The molecule has 0 aliphatic rings. The van der Waals surface area contributed by atoms with Crippen LogP contribution >= 0.6 is 0 Å². The van der Waals surface area contributed by atoms with E-state index in [0.717, 1.165) is 6.54 Å². The highest BCUT2D eigenvalue weighted by Gasteiger charge is 2.09. The normalized spacial score (nSPS) is 11.9. The van der Waals surface area contributed by atoms with E-state index in [9.17, 15) is 4.79 Å². The molecule has 1 unspecified atom stereocenters. The van der Waals surface area contributed by atoms with E-state index < -0.39 is 5.97 Å². The molecular formula is C12H15N5O2. The van der Waals surface area contributed by atoms with Gasteiger partial charge in [-0.25, -0.2) is 9.78 Å². The van der Waals surface area contributed by atoms with Gasteiger partial charge in [-0.3, -0.25) is 0 Å². The molecule has 0 fully saturated rings. The van der Waals surface area contributed by atoms with E-state index in [0.29, 0.717) is 5.82 Å². The SMILES string of the molecule is COC(=O)c1ccc(NC(C)Cn2ccnc2)nn1. The van der Waals surface area contributed by atoms with Crippen LogP contribution in [0, 0.1) is 0 Å². The minimum absolute atomic E-state index is 0.160. The second-order valence-electron chi connectivity index (χ2n) is 4.10. The van der Waals surface area contributed by atoms with Crippen molar-refractivity contribution in [1.82, 2.24) is 19.7 Å². The monoisotopic (exact) mass is 261 g/mol. The van der Waals surface area contributed by atoms with Gasteiger partial charge in [-0.05, 0) is 19.1 Å². The molecule has 0 aliphatic heterocycles. The van der Waals surface area contributed by atoms with Crippen molar-refractivity contribution >= 4 is 11.8 Å². The molecule has 2 aromatic rings. The number of hydrogen-bond acceptors (Lipinski definition) is 6. The summed E-state index contributed by atoms with van der Waals surface area (Å²) in [5, 5.41) is 10.9. The minimum Gasteiger partial charge on any atom is -0.464 e. The van der Waals surface area contributed by atoms with E-state index in [4.69, 9.17) is 0 Å². The lowest BCUT2D eigenvalue weighted by Crippen LogP contribution is -2.22. The van der Waals surface area contributed by atoms with Crippen LogP contribution in [-0.4, -0.2) is 38.9 Å². The Kier molecular flexibility index (Phi) is 4.07. The second kappa shape index (κ2) is 5.94. The van der Waals surface area contributed by atoms with Gasteiger partial charge >= 0.3 is 5.97 Å². The molecule has 1 atom stereocenters. The highest BCUT2D eigenvalue weighted by Crippen LogP contribution is 2.06. The van der Waals surface area contributed by atoms with Crippen LogP contribution in [0.5, 0.6) is 0 Å². The topological polar surface area (TPSA) is 81.9 Å². The van der Waals surface area contributed by atoms with Crippen LogP contribution in [0.1, 0.15) is 17.4 Å². The molecule has 0 saturated carbocycles. The molecule has 2 rings (SSSR count). The number of imidazole rings is 1. The molecule has 0 spiro atoms. The molecule has 2 heterocycles. The summed E-state index contributed by atoms with van der Waals surface area (Å²) < 4.78 is 6.52. The first-order valence-corrected chi connectivity index (χ1v) is 5.83. The van der Waals surface area contributed by atoms with Crippen molar-refractivity contribution in [2.24, 2.45) is 0 Å². The van der Waals surface area contributed by atoms with Gasteiger partial charge in [0.15, 0.2) is 5.69 Å². The van der Waals surface area contributed by atoms with Gasteiger partial charge in [0, 0.05) is 25.0 Å². The molecule has 7 nitrogen and oxygen atoms in total. The number of ether oxygens (including phenoxy) is 1. The predicted octanol–water partition coefficient (Wildman–Crippen LogP) is 0.960. The third-order valence-electron chi connectivity index (χ3n) is 2.50.